The fourth-order valence-electron chi connectivity index (χ4n) is 2.19. The first-order valence-electron chi connectivity index (χ1n) is 5.58. The van der Waals surface area contributed by atoms with E-state index in [2.05, 4.69) is 5.32 Å². The van der Waals surface area contributed by atoms with Gasteiger partial charge in [0.15, 0.2) is 0 Å². The molecule has 1 rings (SSSR count). The smallest absolute Gasteiger partial charge is 0.0664 e. The summed E-state index contributed by atoms with van der Waals surface area (Å²) >= 11 is 0. The van der Waals surface area contributed by atoms with Gasteiger partial charge in [-0.1, -0.05) is 19.3 Å². The molecule has 3 heteroatoms. The molecule has 0 spiro atoms. The summed E-state index contributed by atoms with van der Waals surface area (Å²) < 4.78 is 5.12. The van der Waals surface area contributed by atoms with Crippen LogP contribution in [0.25, 0.3) is 0 Å². The molecule has 1 aliphatic carbocycles. The van der Waals surface area contributed by atoms with Crippen molar-refractivity contribution in [3.8, 4) is 0 Å². The van der Waals surface area contributed by atoms with Crippen LogP contribution in [0.3, 0.4) is 0 Å². The van der Waals surface area contributed by atoms with Gasteiger partial charge in [0, 0.05) is 13.2 Å². The minimum absolute atomic E-state index is 0.136. The number of nitrogens with one attached hydrogen (secondary N) is 1. The standard InChI is InChI=1S/C11H23NO2/c1-11(8-13,9-14-2)12-10-6-4-3-5-7-10/h10,12-13H,3-9H2,1-2H3. The van der Waals surface area contributed by atoms with Crippen molar-refractivity contribution in [3.63, 3.8) is 0 Å². The largest absolute Gasteiger partial charge is 0.394 e. The Hall–Kier alpha value is -0.120. The molecule has 0 aromatic rings. The zero-order chi connectivity index (χ0) is 10.4. The van der Waals surface area contributed by atoms with E-state index in [1.165, 1.54) is 32.1 Å². The molecule has 1 saturated carbocycles. The van der Waals surface area contributed by atoms with Crippen LogP contribution in [0.2, 0.25) is 0 Å². The van der Waals surface area contributed by atoms with Gasteiger partial charge < -0.3 is 15.2 Å². The number of hydrogen-bond donors (Lipinski definition) is 2. The molecule has 0 bridgehead atoms. The van der Waals surface area contributed by atoms with Crippen molar-refractivity contribution in [3.05, 3.63) is 0 Å². The molecule has 0 heterocycles. The predicted octanol–water partition coefficient (Wildman–Crippen LogP) is 1.31. The van der Waals surface area contributed by atoms with Crippen molar-refractivity contribution < 1.29 is 9.84 Å². The molecule has 0 amide bonds. The molecule has 0 aromatic carbocycles. The van der Waals surface area contributed by atoms with E-state index < -0.39 is 0 Å². The molecule has 3 nitrogen and oxygen atoms in total. The summed E-state index contributed by atoms with van der Waals surface area (Å²) in [6.07, 6.45) is 6.45. The third-order valence-corrected chi connectivity index (χ3v) is 2.97. The number of rotatable bonds is 5. The van der Waals surface area contributed by atoms with Crippen molar-refractivity contribution >= 4 is 0 Å². The van der Waals surface area contributed by atoms with Crippen LogP contribution in [0.4, 0.5) is 0 Å². The molecule has 84 valence electrons. The van der Waals surface area contributed by atoms with Crippen LogP contribution < -0.4 is 5.32 Å². The third kappa shape index (κ3) is 3.56. The van der Waals surface area contributed by atoms with Gasteiger partial charge >= 0.3 is 0 Å². The van der Waals surface area contributed by atoms with Crippen molar-refractivity contribution in [1.29, 1.82) is 0 Å². The molecule has 0 saturated heterocycles. The molecular weight excluding hydrogens is 178 g/mol. The van der Waals surface area contributed by atoms with Gasteiger partial charge in [0.05, 0.1) is 18.8 Å². The Bertz CT molecular complexity index is 157. The minimum atomic E-state index is -0.267. The van der Waals surface area contributed by atoms with Crippen LogP contribution >= 0.6 is 0 Å². The minimum Gasteiger partial charge on any atom is -0.394 e. The van der Waals surface area contributed by atoms with Gasteiger partial charge in [-0.2, -0.15) is 0 Å². The Morgan fingerprint density at radius 2 is 2.00 bits per heavy atom. The van der Waals surface area contributed by atoms with Gasteiger partial charge in [-0.25, -0.2) is 0 Å². The molecular formula is C11H23NO2. The molecule has 1 atom stereocenters. The Labute approximate surface area is 86.8 Å². The van der Waals surface area contributed by atoms with Gasteiger partial charge in [-0.3, -0.25) is 0 Å². The molecule has 0 aromatic heterocycles. The lowest BCUT2D eigenvalue weighted by Gasteiger charge is -2.34. The number of aliphatic hydroxyl groups excluding tert-OH is 1. The molecule has 14 heavy (non-hydrogen) atoms. The highest BCUT2D eigenvalue weighted by Gasteiger charge is 2.27. The normalized spacial score (nSPS) is 23.4. The van der Waals surface area contributed by atoms with Crippen molar-refractivity contribution in [2.75, 3.05) is 20.3 Å². The monoisotopic (exact) mass is 201 g/mol. The van der Waals surface area contributed by atoms with Crippen molar-refractivity contribution in [1.82, 2.24) is 5.32 Å². The van der Waals surface area contributed by atoms with Crippen LogP contribution in [-0.4, -0.2) is 37.0 Å². The second kappa shape index (κ2) is 5.69. The van der Waals surface area contributed by atoms with Gasteiger partial charge in [0.25, 0.3) is 0 Å². The maximum Gasteiger partial charge on any atom is 0.0664 e. The summed E-state index contributed by atoms with van der Waals surface area (Å²) in [4.78, 5) is 0. The molecule has 0 radical (unpaired) electrons. The maximum absolute atomic E-state index is 9.30. The summed E-state index contributed by atoms with van der Waals surface area (Å²) in [6, 6.07) is 0.566. The van der Waals surface area contributed by atoms with E-state index in [-0.39, 0.29) is 12.1 Å². The topological polar surface area (TPSA) is 41.5 Å². The van der Waals surface area contributed by atoms with E-state index in [9.17, 15) is 5.11 Å². The Morgan fingerprint density at radius 3 is 2.50 bits per heavy atom. The first-order valence-corrected chi connectivity index (χ1v) is 5.58. The lowest BCUT2D eigenvalue weighted by molar-refractivity contribution is 0.0614. The number of aliphatic hydroxyl groups is 1. The van der Waals surface area contributed by atoms with E-state index >= 15 is 0 Å². The van der Waals surface area contributed by atoms with E-state index in [1.807, 2.05) is 6.92 Å². The van der Waals surface area contributed by atoms with E-state index in [1.54, 1.807) is 7.11 Å². The Morgan fingerprint density at radius 1 is 1.36 bits per heavy atom. The van der Waals surface area contributed by atoms with Gasteiger partial charge in [-0.05, 0) is 19.8 Å². The highest BCUT2D eigenvalue weighted by molar-refractivity contribution is 4.87. The van der Waals surface area contributed by atoms with Crippen LogP contribution in [0.15, 0.2) is 0 Å². The van der Waals surface area contributed by atoms with E-state index in [0.29, 0.717) is 12.6 Å². The number of ether oxygens (including phenoxy) is 1. The molecule has 1 aliphatic rings. The quantitative estimate of drug-likeness (QED) is 0.704. The second-order valence-corrected chi connectivity index (χ2v) is 4.63. The van der Waals surface area contributed by atoms with E-state index in [0.717, 1.165) is 0 Å². The van der Waals surface area contributed by atoms with Crippen LogP contribution in [0, 0.1) is 0 Å². The third-order valence-electron chi connectivity index (χ3n) is 2.97. The maximum atomic E-state index is 9.30. The highest BCUT2D eigenvalue weighted by atomic mass is 16.5. The summed E-state index contributed by atoms with van der Waals surface area (Å²) in [5.41, 5.74) is -0.267. The average molecular weight is 201 g/mol. The number of hydrogen-bond acceptors (Lipinski definition) is 3. The molecule has 0 aliphatic heterocycles. The predicted molar refractivity (Wildman–Crippen MR) is 57.4 cm³/mol. The van der Waals surface area contributed by atoms with Gasteiger partial charge in [0.2, 0.25) is 0 Å². The van der Waals surface area contributed by atoms with Gasteiger partial charge in [-0.15, -0.1) is 0 Å². The second-order valence-electron chi connectivity index (χ2n) is 4.63. The van der Waals surface area contributed by atoms with Crippen LogP contribution in [0.1, 0.15) is 39.0 Å². The van der Waals surface area contributed by atoms with E-state index in [4.69, 9.17) is 4.74 Å². The highest BCUT2D eigenvalue weighted by Crippen LogP contribution is 2.19. The van der Waals surface area contributed by atoms with Crippen LogP contribution in [0.5, 0.6) is 0 Å². The van der Waals surface area contributed by atoms with Crippen LogP contribution in [-0.2, 0) is 4.74 Å². The van der Waals surface area contributed by atoms with Crippen molar-refractivity contribution in [2.45, 2.75) is 50.6 Å². The fraction of sp³-hybridized carbons (Fsp3) is 1.00. The zero-order valence-corrected chi connectivity index (χ0v) is 9.38. The Kier molecular flexibility index (Phi) is 4.85. The fourth-order valence-corrected chi connectivity index (χ4v) is 2.19. The first kappa shape index (κ1) is 12.0. The van der Waals surface area contributed by atoms with Crippen molar-refractivity contribution in [2.24, 2.45) is 0 Å². The molecule has 1 fully saturated rings. The first-order chi connectivity index (χ1) is 6.70. The lowest BCUT2D eigenvalue weighted by Crippen LogP contribution is -2.54. The summed E-state index contributed by atoms with van der Waals surface area (Å²) in [5, 5.41) is 12.8. The molecule has 1 unspecified atom stereocenters. The summed E-state index contributed by atoms with van der Waals surface area (Å²) in [5.74, 6) is 0. The Balaban J connectivity index is 2.37. The average Bonchev–Trinajstić information content (AvgIpc) is 2.20. The lowest BCUT2D eigenvalue weighted by atomic mass is 9.92. The molecule has 2 N–H and O–H groups in total. The number of methoxy groups -OCH3 is 1. The summed E-state index contributed by atoms with van der Waals surface area (Å²) in [6.45, 7) is 2.72. The van der Waals surface area contributed by atoms with Gasteiger partial charge in [0.1, 0.15) is 0 Å². The zero-order valence-electron chi connectivity index (χ0n) is 9.38. The summed E-state index contributed by atoms with van der Waals surface area (Å²) in [7, 11) is 1.68. The SMILES string of the molecule is COCC(C)(CO)NC1CCCCC1.